The van der Waals surface area contributed by atoms with Crippen molar-refractivity contribution in [3.05, 3.63) is 45.8 Å². The van der Waals surface area contributed by atoms with Crippen LogP contribution in [0.2, 0.25) is 0 Å². The van der Waals surface area contributed by atoms with Crippen molar-refractivity contribution in [1.29, 1.82) is 5.26 Å². The number of nitriles is 1. The fourth-order valence-electron chi connectivity index (χ4n) is 1.56. The van der Waals surface area contributed by atoms with Gasteiger partial charge in [-0.1, -0.05) is 15.9 Å². The number of nitrogens with zero attached hydrogens (tertiary/aromatic N) is 3. The number of halogens is 1. The van der Waals surface area contributed by atoms with Gasteiger partial charge in [-0.05, 0) is 37.6 Å². The van der Waals surface area contributed by atoms with Gasteiger partial charge >= 0.3 is 0 Å². The highest BCUT2D eigenvalue weighted by molar-refractivity contribution is 9.10. The summed E-state index contributed by atoms with van der Waals surface area (Å²) in [5, 5.41) is 12.0. The van der Waals surface area contributed by atoms with E-state index in [1.165, 1.54) is 0 Å². The van der Waals surface area contributed by atoms with Crippen LogP contribution < -0.4 is 5.32 Å². The Labute approximate surface area is 114 Å². The Morgan fingerprint density at radius 1 is 1.22 bits per heavy atom. The fourth-order valence-corrected chi connectivity index (χ4v) is 1.81. The molecule has 0 aliphatic rings. The Morgan fingerprint density at radius 2 is 2.00 bits per heavy atom. The number of rotatable bonds is 2. The molecule has 2 rings (SSSR count). The lowest BCUT2D eigenvalue weighted by molar-refractivity contribution is 1.04. The van der Waals surface area contributed by atoms with Gasteiger partial charge in [-0.3, -0.25) is 0 Å². The number of anilines is 2. The van der Waals surface area contributed by atoms with E-state index in [1.807, 2.05) is 31.2 Å². The maximum absolute atomic E-state index is 8.86. The molecular formula is C13H11BrN4. The summed E-state index contributed by atoms with van der Waals surface area (Å²) in [7, 11) is 0. The van der Waals surface area contributed by atoms with Gasteiger partial charge in [0, 0.05) is 16.2 Å². The highest BCUT2D eigenvalue weighted by Gasteiger charge is 2.03. The van der Waals surface area contributed by atoms with Crippen molar-refractivity contribution in [2.45, 2.75) is 13.8 Å². The predicted molar refractivity (Wildman–Crippen MR) is 73.6 cm³/mol. The standard InChI is InChI=1S/C13H11BrN4/c1-8-5-10(3-4-12(8)14)18-13-6-11(7-15)16-9(2)17-13/h3-6H,1-2H3,(H,16,17,18). The second-order valence-corrected chi connectivity index (χ2v) is 4.74. The van der Waals surface area contributed by atoms with Crippen LogP contribution in [-0.4, -0.2) is 9.97 Å². The van der Waals surface area contributed by atoms with Crippen LogP contribution in [0.15, 0.2) is 28.7 Å². The van der Waals surface area contributed by atoms with Gasteiger partial charge in [0.25, 0.3) is 0 Å². The van der Waals surface area contributed by atoms with Crippen LogP contribution in [0, 0.1) is 25.2 Å². The number of aryl methyl sites for hydroxylation is 2. The molecule has 4 nitrogen and oxygen atoms in total. The third-order valence-electron chi connectivity index (χ3n) is 2.38. The molecule has 0 bridgehead atoms. The van der Waals surface area contributed by atoms with Gasteiger partial charge in [-0.2, -0.15) is 5.26 Å². The lowest BCUT2D eigenvalue weighted by Gasteiger charge is -2.08. The number of hydrogen-bond donors (Lipinski definition) is 1. The van der Waals surface area contributed by atoms with E-state index in [2.05, 4.69) is 31.2 Å². The molecule has 18 heavy (non-hydrogen) atoms. The highest BCUT2D eigenvalue weighted by atomic mass is 79.9. The van der Waals surface area contributed by atoms with E-state index < -0.39 is 0 Å². The minimum absolute atomic E-state index is 0.360. The maximum atomic E-state index is 8.86. The molecule has 0 fully saturated rings. The summed E-state index contributed by atoms with van der Waals surface area (Å²) in [6.07, 6.45) is 0. The average molecular weight is 303 g/mol. The molecule has 0 saturated carbocycles. The molecule has 2 aromatic rings. The summed E-state index contributed by atoms with van der Waals surface area (Å²) >= 11 is 3.45. The summed E-state index contributed by atoms with van der Waals surface area (Å²) in [4.78, 5) is 8.25. The van der Waals surface area contributed by atoms with E-state index in [1.54, 1.807) is 13.0 Å². The molecule has 1 N–H and O–H groups in total. The van der Waals surface area contributed by atoms with Crippen LogP contribution in [0.1, 0.15) is 17.1 Å². The van der Waals surface area contributed by atoms with Crippen LogP contribution >= 0.6 is 15.9 Å². The van der Waals surface area contributed by atoms with Crippen LogP contribution in [-0.2, 0) is 0 Å². The van der Waals surface area contributed by atoms with E-state index in [0.29, 0.717) is 17.3 Å². The first-order valence-corrected chi connectivity index (χ1v) is 6.17. The third kappa shape index (κ3) is 2.84. The molecule has 0 amide bonds. The second-order valence-electron chi connectivity index (χ2n) is 3.89. The lowest BCUT2D eigenvalue weighted by atomic mass is 10.2. The van der Waals surface area contributed by atoms with Crippen LogP contribution in [0.5, 0.6) is 0 Å². The van der Waals surface area contributed by atoms with Crippen molar-refractivity contribution in [1.82, 2.24) is 9.97 Å². The van der Waals surface area contributed by atoms with Gasteiger partial charge in [0.15, 0.2) is 0 Å². The van der Waals surface area contributed by atoms with E-state index in [0.717, 1.165) is 15.7 Å². The van der Waals surface area contributed by atoms with Gasteiger partial charge in [-0.15, -0.1) is 0 Å². The van der Waals surface area contributed by atoms with Gasteiger partial charge in [-0.25, -0.2) is 9.97 Å². The quantitative estimate of drug-likeness (QED) is 0.922. The molecule has 90 valence electrons. The van der Waals surface area contributed by atoms with Crippen molar-refractivity contribution in [3.8, 4) is 6.07 Å². The molecule has 5 heteroatoms. The Balaban J connectivity index is 2.31. The van der Waals surface area contributed by atoms with E-state index in [4.69, 9.17) is 5.26 Å². The number of benzene rings is 1. The predicted octanol–water partition coefficient (Wildman–Crippen LogP) is 3.47. The molecule has 1 heterocycles. The maximum Gasteiger partial charge on any atom is 0.146 e. The second kappa shape index (κ2) is 5.15. The highest BCUT2D eigenvalue weighted by Crippen LogP contribution is 2.22. The largest absolute Gasteiger partial charge is 0.340 e. The number of hydrogen-bond acceptors (Lipinski definition) is 4. The molecule has 1 aromatic carbocycles. The van der Waals surface area contributed by atoms with Crippen molar-refractivity contribution in [2.75, 3.05) is 5.32 Å². The van der Waals surface area contributed by atoms with Crippen LogP contribution in [0.25, 0.3) is 0 Å². The Bertz CT molecular complexity index is 631. The normalized spacial score (nSPS) is 9.89. The Hall–Kier alpha value is -1.93. The lowest BCUT2D eigenvalue weighted by Crippen LogP contribution is -1.99. The smallest absolute Gasteiger partial charge is 0.146 e. The fraction of sp³-hybridized carbons (Fsp3) is 0.154. The van der Waals surface area contributed by atoms with Crippen molar-refractivity contribution in [3.63, 3.8) is 0 Å². The molecule has 0 spiro atoms. The summed E-state index contributed by atoms with van der Waals surface area (Å²) in [6.45, 7) is 3.78. The zero-order valence-corrected chi connectivity index (χ0v) is 11.6. The minimum atomic E-state index is 0.360. The van der Waals surface area contributed by atoms with E-state index in [-0.39, 0.29) is 0 Å². The number of aromatic nitrogens is 2. The molecular weight excluding hydrogens is 292 g/mol. The summed E-state index contributed by atoms with van der Waals surface area (Å²) in [5.74, 6) is 1.20. The van der Waals surface area contributed by atoms with Gasteiger partial charge in [0.2, 0.25) is 0 Å². The van der Waals surface area contributed by atoms with Crippen LogP contribution in [0.3, 0.4) is 0 Å². The molecule has 0 saturated heterocycles. The van der Waals surface area contributed by atoms with Gasteiger partial charge in [0.05, 0.1) is 0 Å². The Kier molecular flexibility index (Phi) is 3.58. The monoisotopic (exact) mass is 302 g/mol. The first-order valence-electron chi connectivity index (χ1n) is 5.37. The molecule has 0 radical (unpaired) electrons. The molecule has 0 aliphatic heterocycles. The topological polar surface area (TPSA) is 61.6 Å². The minimum Gasteiger partial charge on any atom is -0.340 e. The Morgan fingerprint density at radius 3 is 2.67 bits per heavy atom. The summed E-state index contributed by atoms with van der Waals surface area (Å²) < 4.78 is 1.06. The molecule has 1 aromatic heterocycles. The SMILES string of the molecule is Cc1nc(C#N)cc(Nc2ccc(Br)c(C)c2)n1. The van der Waals surface area contributed by atoms with Crippen LogP contribution in [0.4, 0.5) is 11.5 Å². The molecule has 0 atom stereocenters. The van der Waals surface area contributed by atoms with Crippen molar-refractivity contribution in [2.24, 2.45) is 0 Å². The summed E-state index contributed by atoms with van der Waals surface area (Å²) in [6, 6.07) is 9.57. The third-order valence-corrected chi connectivity index (χ3v) is 3.27. The first-order chi connectivity index (χ1) is 8.58. The average Bonchev–Trinajstić information content (AvgIpc) is 2.33. The van der Waals surface area contributed by atoms with Gasteiger partial charge in [0.1, 0.15) is 23.4 Å². The zero-order chi connectivity index (χ0) is 13.1. The number of nitrogens with one attached hydrogen (secondary N) is 1. The van der Waals surface area contributed by atoms with E-state index in [9.17, 15) is 0 Å². The molecule has 0 aliphatic carbocycles. The first kappa shape index (κ1) is 12.5. The molecule has 0 unspecified atom stereocenters. The zero-order valence-electron chi connectivity index (χ0n) is 10.0. The van der Waals surface area contributed by atoms with E-state index >= 15 is 0 Å². The summed E-state index contributed by atoms with van der Waals surface area (Å²) in [5.41, 5.74) is 2.42. The van der Waals surface area contributed by atoms with Crippen molar-refractivity contribution < 1.29 is 0 Å². The van der Waals surface area contributed by atoms with Gasteiger partial charge < -0.3 is 5.32 Å². The van der Waals surface area contributed by atoms with Crippen molar-refractivity contribution >= 4 is 27.4 Å².